The molecule has 0 amide bonds. The highest BCUT2D eigenvalue weighted by Gasteiger charge is 2.03. The summed E-state index contributed by atoms with van der Waals surface area (Å²) in [5.74, 6) is 0. The second kappa shape index (κ2) is 5.82. The van der Waals surface area contributed by atoms with Gasteiger partial charge in [0.05, 0.1) is 5.52 Å². The number of aromatic nitrogens is 1. The maximum absolute atomic E-state index is 4.40. The topological polar surface area (TPSA) is 37.0 Å². The zero-order valence-electron chi connectivity index (χ0n) is 9.49. The molecule has 0 saturated heterocycles. The number of fused-ring (bicyclic) bond motifs is 1. The Balaban J connectivity index is 1.89. The van der Waals surface area contributed by atoms with Crippen molar-refractivity contribution in [2.24, 2.45) is 0 Å². The Morgan fingerprint density at radius 2 is 2.12 bits per heavy atom. The van der Waals surface area contributed by atoms with Crippen LogP contribution in [0.5, 0.6) is 0 Å². The van der Waals surface area contributed by atoms with E-state index in [1.165, 1.54) is 10.4 Å². The van der Waals surface area contributed by atoms with Crippen molar-refractivity contribution >= 4 is 27.4 Å². The fourth-order valence-corrected chi connectivity index (χ4v) is 2.40. The summed E-state index contributed by atoms with van der Waals surface area (Å²) >= 11 is 1.55. The molecule has 2 N–H and O–H groups in total. The minimum Gasteiger partial charge on any atom is -0.375 e. The van der Waals surface area contributed by atoms with Crippen molar-refractivity contribution in [1.29, 1.82) is 0 Å². The van der Waals surface area contributed by atoms with Crippen LogP contribution in [-0.2, 0) is 0 Å². The second-order valence-corrected chi connectivity index (χ2v) is 4.44. The van der Waals surface area contributed by atoms with Crippen LogP contribution in [0.15, 0.2) is 24.3 Å². The van der Waals surface area contributed by atoms with Gasteiger partial charge in [0.2, 0.25) is 0 Å². The summed E-state index contributed by atoms with van der Waals surface area (Å²) in [5, 5.41) is 9.18. The summed E-state index contributed by atoms with van der Waals surface area (Å²) in [7, 11) is 0. The number of nitrogens with one attached hydrogen (secondary N) is 2. The van der Waals surface area contributed by atoms with Crippen LogP contribution < -0.4 is 10.6 Å². The van der Waals surface area contributed by atoms with Gasteiger partial charge in [-0.3, -0.25) is 0 Å². The molecule has 0 saturated carbocycles. The summed E-state index contributed by atoms with van der Waals surface area (Å²) in [5.41, 5.74) is 1.08. The van der Waals surface area contributed by atoms with Gasteiger partial charge < -0.3 is 10.6 Å². The van der Waals surface area contributed by atoms with E-state index in [4.69, 9.17) is 0 Å². The molecule has 16 heavy (non-hydrogen) atoms. The summed E-state index contributed by atoms with van der Waals surface area (Å²) < 4.78 is 4.40. The van der Waals surface area contributed by atoms with E-state index in [1.807, 2.05) is 6.07 Å². The minimum atomic E-state index is 0.999. The maximum atomic E-state index is 4.40. The highest BCUT2D eigenvalue weighted by Crippen LogP contribution is 2.26. The summed E-state index contributed by atoms with van der Waals surface area (Å²) in [6.07, 6.45) is 1.14. The van der Waals surface area contributed by atoms with Crippen molar-refractivity contribution in [3.8, 4) is 0 Å². The Labute approximate surface area is 100 Å². The van der Waals surface area contributed by atoms with Crippen LogP contribution in [0.2, 0.25) is 0 Å². The van der Waals surface area contributed by atoms with E-state index in [0.29, 0.717) is 0 Å². The number of hydrogen-bond donors (Lipinski definition) is 2. The molecule has 0 bridgehead atoms. The number of rotatable bonds is 6. The average Bonchev–Trinajstić information content (AvgIpc) is 2.73. The number of hydrogen-bond acceptors (Lipinski definition) is 4. The lowest BCUT2D eigenvalue weighted by atomic mass is 10.2. The Bertz CT molecular complexity index is 439. The van der Waals surface area contributed by atoms with Crippen LogP contribution in [0.3, 0.4) is 0 Å². The highest BCUT2D eigenvalue weighted by molar-refractivity contribution is 7.11. The zero-order chi connectivity index (χ0) is 11.2. The molecule has 0 spiro atoms. The molecule has 0 unspecified atom stereocenters. The van der Waals surface area contributed by atoms with Crippen LogP contribution in [0.4, 0.5) is 5.00 Å². The normalized spacial score (nSPS) is 10.8. The fourth-order valence-electron chi connectivity index (χ4n) is 1.61. The minimum absolute atomic E-state index is 0.999. The predicted molar refractivity (Wildman–Crippen MR) is 71.3 cm³/mol. The van der Waals surface area contributed by atoms with Gasteiger partial charge in [0.15, 0.2) is 0 Å². The average molecular weight is 235 g/mol. The lowest BCUT2D eigenvalue weighted by molar-refractivity contribution is 0.689. The third-order valence-electron chi connectivity index (χ3n) is 2.45. The van der Waals surface area contributed by atoms with E-state index >= 15 is 0 Å². The smallest absolute Gasteiger partial charge is 0.117 e. The first-order valence-electron chi connectivity index (χ1n) is 5.71. The standard InChI is InChI=1S/C12H17N3S/c1-2-13-8-5-9-14-12-10-6-3-4-7-11(10)15-16-12/h3-4,6-7,13-14H,2,5,8-9H2,1H3. The Morgan fingerprint density at radius 1 is 1.25 bits per heavy atom. The summed E-state index contributed by atoms with van der Waals surface area (Å²) in [4.78, 5) is 0. The molecule has 4 heteroatoms. The van der Waals surface area contributed by atoms with E-state index in [2.05, 4.69) is 40.1 Å². The highest BCUT2D eigenvalue weighted by atomic mass is 32.1. The maximum Gasteiger partial charge on any atom is 0.117 e. The van der Waals surface area contributed by atoms with E-state index in [9.17, 15) is 0 Å². The number of nitrogens with zero attached hydrogens (tertiary/aromatic N) is 1. The zero-order valence-corrected chi connectivity index (χ0v) is 10.3. The first kappa shape index (κ1) is 11.4. The summed E-state index contributed by atoms with van der Waals surface area (Å²) in [6, 6.07) is 8.25. The molecule has 1 heterocycles. The molecule has 2 aromatic rings. The van der Waals surface area contributed by atoms with Gasteiger partial charge in [-0.05, 0) is 43.2 Å². The van der Waals surface area contributed by atoms with E-state index in [-0.39, 0.29) is 0 Å². The van der Waals surface area contributed by atoms with E-state index in [1.54, 1.807) is 11.5 Å². The molecule has 0 atom stereocenters. The van der Waals surface area contributed by atoms with Crippen molar-refractivity contribution in [2.75, 3.05) is 25.0 Å². The molecule has 3 nitrogen and oxygen atoms in total. The van der Waals surface area contributed by atoms with Crippen LogP contribution in [0.1, 0.15) is 13.3 Å². The third kappa shape index (κ3) is 2.71. The Kier molecular flexibility index (Phi) is 4.13. The predicted octanol–water partition coefficient (Wildman–Crippen LogP) is 2.71. The molecule has 86 valence electrons. The molecule has 0 aliphatic heterocycles. The van der Waals surface area contributed by atoms with Crippen LogP contribution >= 0.6 is 11.5 Å². The lowest BCUT2D eigenvalue weighted by Crippen LogP contribution is -2.17. The first-order valence-corrected chi connectivity index (χ1v) is 6.48. The lowest BCUT2D eigenvalue weighted by Gasteiger charge is -2.04. The van der Waals surface area contributed by atoms with Gasteiger partial charge in [0.1, 0.15) is 5.00 Å². The van der Waals surface area contributed by atoms with Crippen molar-refractivity contribution in [3.05, 3.63) is 24.3 Å². The second-order valence-electron chi connectivity index (χ2n) is 3.66. The van der Waals surface area contributed by atoms with Crippen molar-refractivity contribution < 1.29 is 0 Å². The summed E-state index contributed by atoms with van der Waals surface area (Å²) in [6.45, 7) is 5.24. The van der Waals surface area contributed by atoms with Gasteiger partial charge in [0.25, 0.3) is 0 Å². The Morgan fingerprint density at radius 3 is 3.00 bits per heavy atom. The molecule has 2 rings (SSSR count). The molecule has 0 aliphatic carbocycles. The largest absolute Gasteiger partial charge is 0.375 e. The fraction of sp³-hybridized carbons (Fsp3) is 0.417. The molecular weight excluding hydrogens is 218 g/mol. The van der Waals surface area contributed by atoms with Crippen LogP contribution in [0.25, 0.3) is 10.9 Å². The van der Waals surface area contributed by atoms with Gasteiger partial charge in [0, 0.05) is 11.9 Å². The van der Waals surface area contributed by atoms with Gasteiger partial charge in [-0.15, -0.1) is 0 Å². The van der Waals surface area contributed by atoms with Gasteiger partial charge in [-0.1, -0.05) is 19.1 Å². The first-order chi connectivity index (χ1) is 7.92. The molecule has 0 aliphatic rings. The molecular formula is C12H17N3S. The SMILES string of the molecule is CCNCCCNc1snc2ccccc12. The monoisotopic (exact) mass is 235 g/mol. The van der Waals surface area contributed by atoms with Gasteiger partial charge in [-0.25, -0.2) is 0 Å². The van der Waals surface area contributed by atoms with Crippen LogP contribution in [0, 0.1) is 0 Å². The van der Waals surface area contributed by atoms with Crippen molar-refractivity contribution in [2.45, 2.75) is 13.3 Å². The van der Waals surface area contributed by atoms with Gasteiger partial charge in [-0.2, -0.15) is 4.37 Å². The van der Waals surface area contributed by atoms with E-state index < -0.39 is 0 Å². The Hall–Kier alpha value is -1.13. The van der Waals surface area contributed by atoms with Gasteiger partial charge >= 0.3 is 0 Å². The number of benzene rings is 1. The molecule has 1 aromatic heterocycles. The molecule has 1 aromatic carbocycles. The number of anilines is 1. The quantitative estimate of drug-likeness (QED) is 0.756. The third-order valence-corrected chi connectivity index (χ3v) is 3.28. The van der Waals surface area contributed by atoms with Crippen LogP contribution in [-0.4, -0.2) is 24.0 Å². The van der Waals surface area contributed by atoms with Crippen molar-refractivity contribution in [3.63, 3.8) is 0 Å². The molecule has 0 fully saturated rings. The molecule has 0 radical (unpaired) electrons. The van der Waals surface area contributed by atoms with Crippen molar-refractivity contribution in [1.82, 2.24) is 9.69 Å². The van der Waals surface area contributed by atoms with E-state index in [0.717, 1.165) is 31.6 Å².